The van der Waals surface area contributed by atoms with Crippen LogP contribution in [0.4, 0.5) is 0 Å². The SMILES string of the molecule is CC(Cn1ccnc1)NCc1ccoc1C(=O)O. The van der Waals surface area contributed by atoms with E-state index in [9.17, 15) is 4.79 Å². The van der Waals surface area contributed by atoms with Crippen molar-refractivity contribution in [3.63, 3.8) is 0 Å². The standard InChI is InChI=1S/C12H15N3O3/c1-9(7-15-4-3-13-8-15)14-6-10-2-5-18-11(10)12(16)17/h2-5,8-9,14H,6-7H2,1H3,(H,16,17). The highest BCUT2D eigenvalue weighted by Crippen LogP contribution is 2.10. The molecule has 6 nitrogen and oxygen atoms in total. The number of aromatic carboxylic acids is 1. The summed E-state index contributed by atoms with van der Waals surface area (Å²) in [4.78, 5) is 14.8. The number of nitrogens with zero attached hydrogens (tertiary/aromatic N) is 2. The van der Waals surface area contributed by atoms with E-state index in [1.807, 2.05) is 17.7 Å². The number of hydrogen-bond donors (Lipinski definition) is 2. The molecule has 0 saturated carbocycles. The van der Waals surface area contributed by atoms with Crippen LogP contribution in [0.1, 0.15) is 23.0 Å². The van der Waals surface area contributed by atoms with E-state index >= 15 is 0 Å². The van der Waals surface area contributed by atoms with Gasteiger partial charge in [0.25, 0.3) is 0 Å². The van der Waals surface area contributed by atoms with E-state index in [-0.39, 0.29) is 11.8 Å². The zero-order valence-corrected chi connectivity index (χ0v) is 10.0. The minimum atomic E-state index is -1.04. The fraction of sp³-hybridized carbons (Fsp3) is 0.333. The van der Waals surface area contributed by atoms with Gasteiger partial charge >= 0.3 is 5.97 Å². The average molecular weight is 249 g/mol. The Kier molecular flexibility index (Phi) is 3.78. The Balaban J connectivity index is 1.87. The summed E-state index contributed by atoms with van der Waals surface area (Å²) < 4.78 is 6.87. The van der Waals surface area contributed by atoms with Gasteiger partial charge in [-0.15, -0.1) is 0 Å². The first kappa shape index (κ1) is 12.4. The molecule has 0 fully saturated rings. The van der Waals surface area contributed by atoms with Crippen LogP contribution < -0.4 is 5.32 Å². The molecule has 0 spiro atoms. The van der Waals surface area contributed by atoms with Gasteiger partial charge in [-0.3, -0.25) is 0 Å². The van der Waals surface area contributed by atoms with E-state index < -0.39 is 5.97 Å². The molecular formula is C12H15N3O3. The highest BCUT2D eigenvalue weighted by Gasteiger charge is 2.14. The average Bonchev–Trinajstić information content (AvgIpc) is 2.96. The molecule has 2 heterocycles. The zero-order valence-electron chi connectivity index (χ0n) is 10.0. The minimum Gasteiger partial charge on any atom is -0.475 e. The Morgan fingerprint density at radius 2 is 2.50 bits per heavy atom. The van der Waals surface area contributed by atoms with Crippen LogP contribution >= 0.6 is 0 Å². The van der Waals surface area contributed by atoms with Crippen LogP contribution in [0.3, 0.4) is 0 Å². The van der Waals surface area contributed by atoms with Crippen LogP contribution in [0.25, 0.3) is 0 Å². The van der Waals surface area contributed by atoms with E-state index in [0.29, 0.717) is 12.1 Å². The van der Waals surface area contributed by atoms with E-state index in [1.54, 1.807) is 18.6 Å². The lowest BCUT2D eigenvalue weighted by molar-refractivity contribution is 0.0660. The van der Waals surface area contributed by atoms with Gasteiger partial charge in [0.05, 0.1) is 12.6 Å². The summed E-state index contributed by atoms with van der Waals surface area (Å²) in [5.74, 6) is -1.05. The van der Waals surface area contributed by atoms with Crippen molar-refractivity contribution in [1.82, 2.24) is 14.9 Å². The predicted octanol–water partition coefficient (Wildman–Crippen LogP) is 1.35. The molecule has 1 unspecified atom stereocenters. The van der Waals surface area contributed by atoms with Crippen LogP contribution in [-0.4, -0.2) is 26.7 Å². The second-order valence-corrected chi connectivity index (χ2v) is 4.12. The van der Waals surface area contributed by atoms with Crippen molar-refractivity contribution in [2.24, 2.45) is 0 Å². The highest BCUT2D eigenvalue weighted by atomic mass is 16.4. The molecule has 0 bridgehead atoms. The maximum absolute atomic E-state index is 10.8. The first-order chi connectivity index (χ1) is 8.66. The predicted molar refractivity (Wildman–Crippen MR) is 64.2 cm³/mol. The Morgan fingerprint density at radius 1 is 1.67 bits per heavy atom. The van der Waals surface area contributed by atoms with Crippen LogP contribution in [0.15, 0.2) is 35.5 Å². The van der Waals surface area contributed by atoms with Crippen LogP contribution in [-0.2, 0) is 13.1 Å². The number of rotatable bonds is 6. The molecule has 1 atom stereocenters. The Hall–Kier alpha value is -2.08. The first-order valence-electron chi connectivity index (χ1n) is 5.65. The summed E-state index contributed by atoms with van der Waals surface area (Å²) in [7, 11) is 0. The Labute approximate surface area is 104 Å². The summed E-state index contributed by atoms with van der Waals surface area (Å²) in [5.41, 5.74) is 0.653. The fourth-order valence-electron chi connectivity index (χ4n) is 1.72. The Morgan fingerprint density at radius 3 is 3.17 bits per heavy atom. The number of hydrogen-bond acceptors (Lipinski definition) is 4. The second kappa shape index (κ2) is 5.50. The lowest BCUT2D eigenvalue weighted by Crippen LogP contribution is -2.29. The topological polar surface area (TPSA) is 80.3 Å². The molecule has 0 aliphatic rings. The molecule has 2 aromatic rings. The molecule has 2 N–H and O–H groups in total. The summed E-state index contributed by atoms with van der Waals surface area (Å²) in [6, 6.07) is 1.87. The van der Waals surface area contributed by atoms with Crippen molar-refractivity contribution in [2.45, 2.75) is 26.1 Å². The second-order valence-electron chi connectivity index (χ2n) is 4.12. The van der Waals surface area contributed by atoms with Crippen molar-refractivity contribution in [3.8, 4) is 0 Å². The molecule has 0 aliphatic heterocycles. The number of furan rings is 1. The molecular weight excluding hydrogens is 234 g/mol. The van der Waals surface area contributed by atoms with Crippen molar-refractivity contribution in [3.05, 3.63) is 42.4 Å². The van der Waals surface area contributed by atoms with Crippen molar-refractivity contribution in [2.75, 3.05) is 0 Å². The third kappa shape index (κ3) is 2.98. The van der Waals surface area contributed by atoms with Crippen LogP contribution in [0.5, 0.6) is 0 Å². The van der Waals surface area contributed by atoms with Crippen molar-refractivity contribution in [1.29, 1.82) is 0 Å². The largest absolute Gasteiger partial charge is 0.475 e. The molecule has 18 heavy (non-hydrogen) atoms. The third-order valence-corrected chi connectivity index (χ3v) is 2.63. The third-order valence-electron chi connectivity index (χ3n) is 2.63. The van der Waals surface area contributed by atoms with E-state index in [4.69, 9.17) is 9.52 Å². The maximum Gasteiger partial charge on any atom is 0.372 e. The number of carbonyl (C=O) groups is 1. The zero-order chi connectivity index (χ0) is 13.0. The van der Waals surface area contributed by atoms with Gasteiger partial charge in [-0.25, -0.2) is 9.78 Å². The molecule has 96 valence electrons. The Bertz CT molecular complexity index is 504. The smallest absolute Gasteiger partial charge is 0.372 e. The summed E-state index contributed by atoms with van der Waals surface area (Å²) >= 11 is 0. The number of carboxylic acids is 1. The van der Waals surface area contributed by atoms with Gasteiger partial charge in [-0.1, -0.05) is 0 Å². The number of imidazole rings is 1. The van der Waals surface area contributed by atoms with E-state index in [0.717, 1.165) is 6.54 Å². The van der Waals surface area contributed by atoms with E-state index in [2.05, 4.69) is 10.3 Å². The fourth-order valence-corrected chi connectivity index (χ4v) is 1.72. The number of carboxylic acid groups (broad SMARTS) is 1. The van der Waals surface area contributed by atoms with Gasteiger partial charge in [0.2, 0.25) is 5.76 Å². The summed E-state index contributed by atoms with van der Waals surface area (Å²) in [6.45, 7) is 3.27. The quantitative estimate of drug-likeness (QED) is 0.807. The molecule has 0 amide bonds. The minimum absolute atomic E-state index is 0.00247. The molecule has 0 aliphatic carbocycles. The monoisotopic (exact) mass is 249 g/mol. The highest BCUT2D eigenvalue weighted by molar-refractivity contribution is 5.86. The van der Waals surface area contributed by atoms with Gasteiger partial charge in [0.1, 0.15) is 0 Å². The first-order valence-corrected chi connectivity index (χ1v) is 5.65. The van der Waals surface area contributed by atoms with Crippen molar-refractivity contribution >= 4 is 5.97 Å². The molecule has 6 heteroatoms. The maximum atomic E-state index is 10.8. The van der Waals surface area contributed by atoms with Gasteiger partial charge in [-0.2, -0.15) is 0 Å². The van der Waals surface area contributed by atoms with Crippen LogP contribution in [0, 0.1) is 0 Å². The van der Waals surface area contributed by atoms with Gasteiger partial charge in [0, 0.05) is 37.1 Å². The lowest BCUT2D eigenvalue weighted by Gasteiger charge is -2.13. The van der Waals surface area contributed by atoms with Gasteiger partial charge < -0.3 is 19.4 Å². The van der Waals surface area contributed by atoms with Crippen LogP contribution in [0.2, 0.25) is 0 Å². The molecule has 2 aromatic heterocycles. The number of aromatic nitrogens is 2. The van der Waals surface area contributed by atoms with E-state index in [1.165, 1.54) is 6.26 Å². The normalized spacial score (nSPS) is 12.5. The molecule has 0 radical (unpaired) electrons. The number of nitrogens with one attached hydrogen (secondary N) is 1. The lowest BCUT2D eigenvalue weighted by atomic mass is 10.2. The van der Waals surface area contributed by atoms with Gasteiger partial charge in [0.15, 0.2) is 0 Å². The van der Waals surface area contributed by atoms with Gasteiger partial charge in [-0.05, 0) is 13.0 Å². The molecule has 2 rings (SSSR count). The summed E-state index contributed by atoms with van der Waals surface area (Å²) in [6.07, 6.45) is 6.75. The molecule has 0 saturated heterocycles. The summed E-state index contributed by atoms with van der Waals surface area (Å²) in [5, 5.41) is 12.1. The van der Waals surface area contributed by atoms with Crippen molar-refractivity contribution < 1.29 is 14.3 Å². The molecule has 0 aromatic carbocycles.